The molecule has 0 saturated heterocycles. The summed E-state index contributed by atoms with van der Waals surface area (Å²) in [4.78, 5) is 0. The van der Waals surface area contributed by atoms with Crippen molar-refractivity contribution in [2.45, 2.75) is 0 Å². The van der Waals surface area contributed by atoms with Crippen LogP contribution in [-0.2, 0) is 0 Å². The lowest BCUT2D eigenvalue weighted by Gasteiger charge is -2.20. The first-order valence-corrected chi connectivity index (χ1v) is 14.7. The fourth-order valence-corrected chi connectivity index (χ4v) is 6.55. The highest BCUT2D eigenvalue weighted by Crippen LogP contribution is 2.50. The molecule has 0 bridgehead atoms. The number of para-hydroxylation sites is 1. The molecule has 0 saturated carbocycles. The minimum absolute atomic E-state index is 0.0296. The number of benzene rings is 8. The van der Waals surface area contributed by atoms with Crippen LogP contribution in [0, 0.1) is 0 Å². The van der Waals surface area contributed by atoms with Gasteiger partial charge in [0.15, 0.2) is 0 Å². The lowest BCUT2D eigenvalue weighted by atomic mass is 9.82. The summed E-state index contributed by atoms with van der Waals surface area (Å²) < 4.78 is 86.5. The predicted molar refractivity (Wildman–Crippen MR) is 190 cm³/mol. The Morgan fingerprint density at radius 3 is 1.67 bits per heavy atom. The van der Waals surface area contributed by atoms with Crippen LogP contribution in [0.15, 0.2) is 174 Å². The Morgan fingerprint density at radius 2 is 0.956 bits per heavy atom. The van der Waals surface area contributed by atoms with Crippen molar-refractivity contribution in [3.05, 3.63) is 170 Å². The third-order valence-electron chi connectivity index (χ3n) is 8.43. The van der Waals surface area contributed by atoms with E-state index in [1.54, 1.807) is 24.3 Å². The van der Waals surface area contributed by atoms with E-state index in [9.17, 15) is 2.74 Å². The quantitative estimate of drug-likeness (QED) is 0.188. The first-order valence-electron chi connectivity index (χ1n) is 19.2. The zero-order valence-electron chi connectivity index (χ0n) is 32.9. The van der Waals surface area contributed by atoms with E-state index < -0.39 is 18.1 Å². The van der Waals surface area contributed by atoms with Gasteiger partial charge in [-0.1, -0.05) is 151 Å². The highest BCUT2D eigenvalue weighted by molar-refractivity contribution is 6.27. The maximum absolute atomic E-state index is 9.57. The molecule has 9 rings (SSSR count). The number of fused-ring (bicyclic) bond motifs is 5. The van der Waals surface area contributed by atoms with Gasteiger partial charge in [0.05, 0.1) is 12.3 Å². The second-order valence-corrected chi connectivity index (χ2v) is 10.9. The van der Waals surface area contributed by atoms with Crippen molar-refractivity contribution in [1.29, 1.82) is 0 Å². The maximum atomic E-state index is 9.57. The smallest absolute Gasteiger partial charge is 0.136 e. The lowest BCUT2D eigenvalue weighted by Crippen LogP contribution is -1.94. The van der Waals surface area contributed by atoms with E-state index in [2.05, 4.69) is 0 Å². The number of hydrogen-bond acceptors (Lipinski definition) is 1. The van der Waals surface area contributed by atoms with Gasteiger partial charge in [0.2, 0.25) is 0 Å². The second kappa shape index (κ2) is 10.4. The van der Waals surface area contributed by atoms with Crippen LogP contribution in [0.4, 0.5) is 0 Å². The topological polar surface area (TPSA) is 13.1 Å². The highest BCUT2D eigenvalue weighted by Gasteiger charge is 2.23. The van der Waals surface area contributed by atoms with Crippen molar-refractivity contribution in [3.63, 3.8) is 0 Å². The van der Waals surface area contributed by atoms with Crippen LogP contribution in [-0.4, -0.2) is 0 Å². The van der Waals surface area contributed by atoms with Gasteiger partial charge in [-0.2, -0.15) is 0 Å². The third kappa shape index (κ3) is 4.09. The van der Waals surface area contributed by atoms with Crippen molar-refractivity contribution in [2.24, 2.45) is 0 Å². The fourth-order valence-electron chi connectivity index (χ4n) is 6.55. The zero-order valence-corrected chi connectivity index (χ0v) is 23.9. The van der Waals surface area contributed by atoms with Crippen molar-refractivity contribution >= 4 is 43.5 Å². The first-order chi connectivity index (χ1) is 26.1. The van der Waals surface area contributed by atoms with Gasteiger partial charge < -0.3 is 4.42 Å². The minimum atomic E-state index is -0.481. The largest absolute Gasteiger partial charge is 0.456 e. The molecule has 0 amide bonds. The standard InChI is InChI=1S/C44H28O/c1-3-14-29(15-4-1)31-18-13-19-32(28-31)41-34-20-7-9-22-36(34)42(37-23-10-8-21-35(37)41)44-33(30-16-5-2-6-17-30)26-27-40-43(44)38-24-11-12-25-39(38)45-40/h1-28H/i2D,5D,6D,13D,16D,17D,18D,19D,28D. The van der Waals surface area contributed by atoms with Gasteiger partial charge in [0, 0.05) is 16.3 Å². The van der Waals surface area contributed by atoms with E-state index in [-0.39, 0.29) is 52.9 Å². The van der Waals surface area contributed by atoms with Crippen LogP contribution in [0.3, 0.4) is 0 Å². The molecule has 0 aliphatic carbocycles. The number of hydrogen-bond donors (Lipinski definition) is 0. The molecule has 0 atom stereocenters. The molecule has 0 N–H and O–H groups in total. The molecule has 0 aliphatic rings. The van der Waals surface area contributed by atoms with Gasteiger partial charge in [-0.25, -0.2) is 0 Å². The molecule has 8 aromatic carbocycles. The average molecular weight is 582 g/mol. The number of rotatable bonds is 4. The molecular weight excluding hydrogens is 544 g/mol. The molecule has 210 valence electrons. The summed E-state index contributed by atoms with van der Waals surface area (Å²) in [5, 5.41) is 4.30. The van der Waals surface area contributed by atoms with E-state index in [1.165, 1.54) is 0 Å². The molecule has 0 aliphatic heterocycles. The molecule has 1 heteroatoms. The van der Waals surface area contributed by atoms with Gasteiger partial charge >= 0.3 is 0 Å². The van der Waals surface area contributed by atoms with Crippen molar-refractivity contribution in [1.82, 2.24) is 0 Å². The second-order valence-electron chi connectivity index (χ2n) is 10.9. The summed E-state index contributed by atoms with van der Waals surface area (Å²) in [6.45, 7) is 0. The van der Waals surface area contributed by atoms with Gasteiger partial charge in [0.1, 0.15) is 11.2 Å². The summed E-state index contributed by atoms with van der Waals surface area (Å²) in [6.07, 6.45) is 0. The molecular formula is C44H28O. The van der Waals surface area contributed by atoms with Crippen LogP contribution >= 0.6 is 0 Å². The van der Waals surface area contributed by atoms with E-state index in [0.717, 1.165) is 16.2 Å². The van der Waals surface area contributed by atoms with Crippen LogP contribution in [0.1, 0.15) is 12.3 Å². The van der Waals surface area contributed by atoms with E-state index in [0.29, 0.717) is 55.1 Å². The van der Waals surface area contributed by atoms with E-state index >= 15 is 0 Å². The maximum Gasteiger partial charge on any atom is 0.136 e. The molecule has 0 spiro atoms. The van der Waals surface area contributed by atoms with Crippen LogP contribution in [0.2, 0.25) is 0 Å². The van der Waals surface area contributed by atoms with Crippen LogP contribution in [0.5, 0.6) is 0 Å². The summed E-state index contributed by atoms with van der Waals surface area (Å²) in [5.74, 6) is 0. The van der Waals surface area contributed by atoms with E-state index in [4.69, 9.17) is 14.0 Å². The normalized spacial score (nSPS) is 14.4. The summed E-state index contributed by atoms with van der Waals surface area (Å²) >= 11 is 0. The molecule has 0 unspecified atom stereocenters. The minimum Gasteiger partial charge on any atom is -0.456 e. The first kappa shape index (κ1) is 18.0. The van der Waals surface area contributed by atoms with Gasteiger partial charge in [-0.05, 0) is 78.7 Å². The SMILES string of the molecule is [2H]c1c([2H])c([2H])c(-c2ccc3oc4ccccc4c3c2-c2c3ccccc3c(-c3c([2H])c([2H])c([2H])c(-c4ccccc4)c3[2H])c3ccccc23)c([2H])c1[2H]. The Hall–Kier alpha value is -5.92. The Morgan fingerprint density at radius 1 is 0.378 bits per heavy atom. The predicted octanol–water partition coefficient (Wildman–Crippen LogP) is 12.6. The summed E-state index contributed by atoms with van der Waals surface area (Å²) in [7, 11) is 0. The molecule has 45 heavy (non-hydrogen) atoms. The molecule has 1 aromatic heterocycles. The zero-order chi connectivity index (χ0) is 37.6. The van der Waals surface area contributed by atoms with Crippen LogP contribution < -0.4 is 0 Å². The highest BCUT2D eigenvalue weighted by atomic mass is 16.3. The van der Waals surface area contributed by atoms with Gasteiger partial charge in [-0.3, -0.25) is 0 Å². The van der Waals surface area contributed by atoms with Gasteiger partial charge in [-0.15, -0.1) is 0 Å². The molecule has 0 radical (unpaired) electrons. The van der Waals surface area contributed by atoms with Crippen molar-refractivity contribution in [2.75, 3.05) is 0 Å². The number of furan rings is 1. The monoisotopic (exact) mass is 581 g/mol. The fraction of sp³-hybridized carbons (Fsp3) is 0. The third-order valence-corrected chi connectivity index (χ3v) is 8.43. The molecule has 1 nitrogen and oxygen atoms in total. The Balaban J connectivity index is 1.51. The molecule has 1 heterocycles. The molecule has 0 fully saturated rings. The Bertz CT molecular complexity index is 2960. The molecule has 9 aromatic rings. The van der Waals surface area contributed by atoms with Crippen LogP contribution in [0.25, 0.3) is 88.0 Å². The average Bonchev–Trinajstić information content (AvgIpc) is 3.58. The lowest BCUT2D eigenvalue weighted by molar-refractivity contribution is 0.669. The van der Waals surface area contributed by atoms with Crippen molar-refractivity contribution in [3.8, 4) is 44.5 Å². The van der Waals surface area contributed by atoms with Gasteiger partial charge in [0.25, 0.3) is 0 Å². The van der Waals surface area contributed by atoms with E-state index in [1.807, 2.05) is 91.0 Å². The Kier molecular flexibility index (Phi) is 4.15. The van der Waals surface area contributed by atoms with Crippen molar-refractivity contribution < 1.29 is 16.8 Å². The Labute approximate surface area is 274 Å². The summed E-state index contributed by atoms with van der Waals surface area (Å²) in [5.41, 5.74) is 4.66. The summed E-state index contributed by atoms with van der Waals surface area (Å²) in [6, 6.07) is 32.7.